The van der Waals surface area contributed by atoms with Crippen molar-refractivity contribution < 1.29 is 43.7 Å². The highest BCUT2D eigenvalue weighted by Crippen LogP contribution is 2.52. The summed E-state index contributed by atoms with van der Waals surface area (Å²) in [5, 5.41) is 57.8. The molecule has 0 amide bonds. The average molecular weight is 924 g/mol. The van der Waals surface area contributed by atoms with Gasteiger partial charge in [-0.1, -0.05) is 200 Å². The van der Waals surface area contributed by atoms with Gasteiger partial charge in [0.1, 0.15) is 11.2 Å². The van der Waals surface area contributed by atoms with Gasteiger partial charge in [0, 0.05) is 30.2 Å². The van der Waals surface area contributed by atoms with Crippen LogP contribution in [0, 0.1) is 17.0 Å². The molecule has 13 heteroatoms. The molecule has 2 unspecified atom stereocenters. The first-order valence-electron chi connectivity index (χ1n) is 25.6. The number of carboxylic acids is 2. The van der Waals surface area contributed by atoms with Crippen molar-refractivity contribution in [2.24, 2.45) is 0 Å². The molecule has 1 rings (SSSR count). The second-order valence-electron chi connectivity index (χ2n) is 19.1. The number of rotatable bonds is 44. The highest BCUT2D eigenvalue weighted by molar-refractivity contribution is 7.80. The Kier molecular flexibility index (Phi) is 32.2. The number of anilines is 1. The lowest BCUT2D eigenvalue weighted by atomic mass is 9.61. The summed E-state index contributed by atoms with van der Waals surface area (Å²) >= 11 is -3.13. The molecule has 0 aliphatic heterocycles. The Bertz CT molecular complexity index is 1390. The first-order valence-corrected chi connectivity index (χ1v) is 26.7. The number of carbonyl (C=O) groups is 2. The predicted molar refractivity (Wildman–Crippen MR) is 260 cm³/mol. The third kappa shape index (κ3) is 22.7. The quantitative estimate of drug-likeness (QED) is 0.0211. The number of benzene rings is 1. The third-order valence-corrected chi connectivity index (χ3v) is 14.6. The van der Waals surface area contributed by atoms with Crippen LogP contribution in [0.3, 0.4) is 0 Å². The Morgan fingerprint density at radius 1 is 0.578 bits per heavy atom. The zero-order valence-corrected chi connectivity index (χ0v) is 41.5. The summed E-state index contributed by atoms with van der Waals surface area (Å²) in [6, 6.07) is 4.47. The van der Waals surface area contributed by atoms with Crippen molar-refractivity contribution in [1.29, 1.82) is 0 Å². The summed E-state index contributed by atoms with van der Waals surface area (Å²) in [5.74, 6) is -1.56. The minimum absolute atomic E-state index is 0.159. The molecule has 0 heterocycles. The highest BCUT2D eigenvalue weighted by Gasteiger charge is 2.62. The van der Waals surface area contributed by atoms with Gasteiger partial charge in [-0.05, 0) is 64.0 Å². The fraction of sp³-hybridized carbons (Fsp3) is 0.843. The van der Waals surface area contributed by atoms with Gasteiger partial charge < -0.3 is 25.0 Å². The van der Waals surface area contributed by atoms with Crippen LogP contribution in [0.25, 0.3) is 0 Å². The number of unbranched alkanes of at least 4 members (excludes halogenated alkanes) is 26. The molecule has 372 valence electrons. The van der Waals surface area contributed by atoms with Gasteiger partial charge in [0.25, 0.3) is 5.69 Å². The van der Waals surface area contributed by atoms with Gasteiger partial charge >= 0.3 is 11.9 Å². The molecule has 64 heavy (non-hydrogen) atoms. The van der Waals surface area contributed by atoms with Gasteiger partial charge in [-0.2, -0.15) is 0 Å². The lowest BCUT2D eigenvalue weighted by Crippen LogP contribution is -2.74. The zero-order chi connectivity index (χ0) is 47.7. The van der Waals surface area contributed by atoms with Crippen molar-refractivity contribution in [1.82, 2.24) is 0 Å². The zero-order valence-electron chi connectivity index (χ0n) is 40.7. The Morgan fingerprint density at radius 3 is 1.16 bits per heavy atom. The van der Waals surface area contributed by atoms with E-state index in [-0.39, 0.29) is 44.2 Å². The largest absolute Gasteiger partial charge is 0.755 e. The number of nitro groups is 1. The van der Waals surface area contributed by atoms with Crippen molar-refractivity contribution in [3.63, 3.8) is 0 Å². The summed E-state index contributed by atoms with van der Waals surface area (Å²) in [6.07, 6.45) is 28.3. The second-order valence-corrected chi connectivity index (χ2v) is 19.9. The van der Waals surface area contributed by atoms with E-state index in [0.29, 0.717) is 44.1 Å². The summed E-state index contributed by atoms with van der Waals surface area (Å²) in [5.41, 5.74) is -5.35. The lowest BCUT2D eigenvalue weighted by Gasteiger charge is -2.60. The van der Waals surface area contributed by atoms with E-state index >= 15 is 0 Å². The fourth-order valence-corrected chi connectivity index (χ4v) is 10.7. The third-order valence-electron chi connectivity index (χ3n) is 13.8. The van der Waals surface area contributed by atoms with Crippen LogP contribution in [0.5, 0.6) is 0 Å². The van der Waals surface area contributed by atoms with E-state index in [0.717, 1.165) is 158 Å². The molecule has 12 nitrogen and oxygen atoms in total. The Morgan fingerprint density at radius 2 is 0.875 bits per heavy atom. The van der Waals surface area contributed by atoms with Crippen LogP contribution in [0.4, 0.5) is 11.4 Å². The number of aliphatic hydroxyl groups is 2. The molecule has 4 N–H and O–H groups in total. The monoisotopic (exact) mass is 924 g/mol. The van der Waals surface area contributed by atoms with E-state index in [9.17, 15) is 38.7 Å². The summed E-state index contributed by atoms with van der Waals surface area (Å²) in [6.45, 7) is 7.74. The minimum Gasteiger partial charge on any atom is -0.755 e. The number of nitrogens with zero attached hydrogens (tertiary/aromatic N) is 2. The molecule has 1 aromatic carbocycles. The molecular formula is C51H91N2O10S-. The maximum atomic E-state index is 14.0. The molecule has 0 saturated heterocycles. The van der Waals surface area contributed by atoms with Gasteiger partial charge in [0.15, 0.2) is 0 Å². The number of nitro benzene ring substituents is 1. The Hall–Kier alpha value is -2.61. The Labute approximate surface area is 390 Å². The van der Waals surface area contributed by atoms with Crippen LogP contribution in [-0.4, -0.2) is 62.8 Å². The molecule has 1 aromatic rings. The van der Waals surface area contributed by atoms with Crippen molar-refractivity contribution in [2.45, 2.75) is 276 Å². The molecule has 0 aliphatic carbocycles. The molecule has 2 atom stereocenters. The average Bonchev–Trinajstić information content (AvgIpc) is 3.24. The molecule has 0 saturated carbocycles. The second kappa shape index (κ2) is 34.7. The van der Waals surface area contributed by atoms with E-state index in [2.05, 4.69) is 13.8 Å². The van der Waals surface area contributed by atoms with Gasteiger partial charge in [-0.15, -0.1) is 0 Å². The van der Waals surface area contributed by atoms with Crippen LogP contribution in [0.15, 0.2) is 18.2 Å². The van der Waals surface area contributed by atoms with Gasteiger partial charge in [0.2, 0.25) is 0 Å². The maximum Gasteiger partial charge on any atom is 0.303 e. The number of hydrogen-bond donors (Lipinski definition) is 4. The maximum absolute atomic E-state index is 14.0. The van der Waals surface area contributed by atoms with E-state index in [1.807, 2.05) is 0 Å². The number of aryl methyl sites for hydroxylation is 1. The van der Waals surface area contributed by atoms with Gasteiger partial charge in [0.05, 0.1) is 16.1 Å². The van der Waals surface area contributed by atoms with Gasteiger partial charge in [-0.3, -0.25) is 28.2 Å². The minimum atomic E-state index is -3.13. The molecule has 0 radical (unpaired) electrons. The van der Waals surface area contributed by atoms with E-state index in [1.165, 1.54) is 12.1 Å². The first-order chi connectivity index (χ1) is 30.6. The molecule has 0 spiro atoms. The Balaban J connectivity index is 3.74. The summed E-state index contributed by atoms with van der Waals surface area (Å²) < 4.78 is 29.0. The van der Waals surface area contributed by atoms with Gasteiger partial charge in [-0.25, -0.2) is 0 Å². The molecule has 0 fully saturated rings. The topological polar surface area (TPSA) is 202 Å². The molecule has 0 bridgehead atoms. The first kappa shape index (κ1) is 59.4. The summed E-state index contributed by atoms with van der Waals surface area (Å²) in [4.78, 5) is 34.0. The predicted octanol–water partition coefficient (Wildman–Crippen LogP) is 14.0. The highest BCUT2D eigenvalue weighted by atomic mass is 32.2. The lowest BCUT2D eigenvalue weighted by molar-refractivity contribution is -0.384. The normalized spacial score (nSPS) is 13.5. The van der Waals surface area contributed by atoms with Crippen LogP contribution < -0.4 is 4.31 Å². The fourth-order valence-electron chi connectivity index (χ4n) is 9.71. The van der Waals surface area contributed by atoms with Crippen molar-refractivity contribution in [3.05, 3.63) is 33.9 Å². The number of aliphatic carboxylic acids is 2. The SMILES string of the molecule is CCCCCCCCCC(O)(CCCCCCCCC)C(C)(N(c1ccc(C)cc1[N+](=O)[O-])S(=O)[O-])C(O)(CCCCCCCCCCC(=O)O)CCCCCCCCCCC(=O)O. The van der Waals surface area contributed by atoms with Crippen LogP contribution in [-0.2, 0) is 20.9 Å². The van der Waals surface area contributed by atoms with Crippen LogP contribution in [0.1, 0.15) is 257 Å². The van der Waals surface area contributed by atoms with Crippen molar-refractivity contribution >= 4 is 34.6 Å². The van der Waals surface area contributed by atoms with E-state index in [1.54, 1.807) is 19.9 Å². The van der Waals surface area contributed by atoms with Crippen molar-refractivity contribution in [3.8, 4) is 0 Å². The summed E-state index contributed by atoms with van der Waals surface area (Å²) in [7, 11) is 0. The molecule has 0 aliphatic rings. The van der Waals surface area contributed by atoms with Crippen LogP contribution >= 0.6 is 0 Å². The molecule has 0 aromatic heterocycles. The number of carboxylic acid groups (broad SMARTS) is 2. The molecular weight excluding hydrogens is 833 g/mol. The smallest absolute Gasteiger partial charge is 0.303 e. The number of hydrogen-bond acceptors (Lipinski definition) is 8. The van der Waals surface area contributed by atoms with E-state index < -0.39 is 50.6 Å². The van der Waals surface area contributed by atoms with E-state index in [4.69, 9.17) is 10.2 Å². The van der Waals surface area contributed by atoms with Crippen molar-refractivity contribution in [2.75, 3.05) is 4.31 Å². The van der Waals surface area contributed by atoms with Crippen LogP contribution in [0.2, 0.25) is 0 Å². The standard InChI is InChI=1S/C51H92N2O10S/c1-5-7-9-11-19-25-31-39-50(58,40-32-26-20-12-10-8-6-2)49(4,52(64(62)63)45-38-37-44(3)43-46(45)53(60)61)51(59,41-33-27-21-15-13-17-23-29-35-47(54)55)42-34-28-22-16-14-18-24-30-36-48(56)57/h37-38,43,58-59H,5-36,39-42H2,1-4H3,(H,54,55)(H,56,57)(H,62,63)/p-1.